The van der Waals surface area contributed by atoms with Crippen LogP contribution in [0, 0.1) is 0 Å². The fourth-order valence-electron chi connectivity index (χ4n) is 3.79. The molecule has 3 N–H and O–H groups in total. The maximum atomic E-state index is 5.37. The molecule has 1 aliphatic rings. The fraction of sp³-hybridized carbons (Fsp3) is 0.333. The van der Waals surface area contributed by atoms with Crippen molar-refractivity contribution in [1.82, 2.24) is 15.6 Å². The summed E-state index contributed by atoms with van der Waals surface area (Å²) in [6.07, 6.45) is 4.51. The van der Waals surface area contributed by atoms with E-state index in [-0.39, 0.29) is 0 Å². The van der Waals surface area contributed by atoms with Crippen LogP contribution >= 0.6 is 0 Å². The van der Waals surface area contributed by atoms with E-state index in [1.165, 1.54) is 29.4 Å². The van der Waals surface area contributed by atoms with Gasteiger partial charge in [-0.05, 0) is 48.7 Å². The van der Waals surface area contributed by atoms with Gasteiger partial charge in [-0.2, -0.15) is 0 Å². The SMILES string of the molecule is COc1ccc2[nH]cc(CNC3CCCNC3c3ccccc3)c2c1. The molecule has 4 nitrogen and oxygen atoms in total. The number of piperidine rings is 1. The second-order valence-corrected chi connectivity index (χ2v) is 6.70. The van der Waals surface area contributed by atoms with E-state index < -0.39 is 0 Å². The number of H-pyrrole nitrogens is 1. The Morgan fingerprint density at radius 3 is 2.88 bits per heavy atom. The molecule has 0 spiro atoms. The van der Waals surface area contributed by atoms with E-state index in [4.69, 9.17) is 4.74 Å². The number of rotatable bonds is 5. The molecule has 0 amide bonds. The fourth-order valence-corrected chi connectivity index (χ4v) is 3.79. The number of benzene rings is 2. The number of ether oxygens (including phenoxy) is 1. The van der Waals surface area contributed by atoms with Crippen LogP contribution in [0.15, 0.2) is 54.7 Å². The Labute approximate surface area is 148 Å². The van der Waals surface area contributed by atoms with Crippen LogP contribution in [0.2, 0.25) is 0 Å². The van der Waals surface area contributed by atoms with Crippen molar-refractivity contribution in [2.75, 3.05) is 13.7 Å². The summed E-state index contributed by atoms with van der Waals surface area (Å²) in [5.74, 6) is 0.898. The summed E-state index contributed by atoms with van der Waals surface area (Å²) in [7, 11) is 1.71. The molecule has 4 rings (SSSR count). The van der Waals surface area contributed by atoms with Gasteiger partial charge in [-0.15, -0.1) is 0 Å². The summed E-state index contributed by atoms with van der Waals surface area (Å²) in [4.78, 5) is 3.36. The van der Waals surface area contributed by atoms with Crippen molar-refractivity contribution >= 4 is 10.9 Å². The average molecular weight is 335 g/mol. The van der Waals surface area contributed by atoms with Crippen molar-refractivity contribution in [2.45, 2.75) is 31.5 Å². The third kappa shape index (κ3) is 3.41. The lowest BCUT2D eigenvalue weighted by Crippen LogP contribution is -2.45. The first-order chi connectivity index (χ1) is 12.3. The van der Waals surface area contributed by atoms with Gasteiger partial charge in [0.25, 0.3) is 0 Å². The lowest BCUT2D eigenvalue weighted by molar-refractivity contribution is 0.305. The summed E-state index contributed by atoms with van der Waals surface area (Å²) in [5.41, 5.74) is 3.80. The van der Waals surface area contributed by atoms with E-state index in [1.54, 1.807) is 7.11 Å². The predicted octanol–water partition coefficient (Wildman–Crippen LogP) is 3.76. The first kappa shape index (κ1) is 16.2. The van der Waals surface area contributed by atoms with Crippen molar-refractivity contribution in [3.05, 3.63) is 65.9 Å². The van der Waals surface area contributed by atoms with Gasteiger partial charge in [0.1, 0.15) is 5.75 Å². The van der Waals surface area contributed by atoms with Crippen LogP contribution in [0.4, 0.5) is 0 Å². The molecular formula is C21H25N3O. The highest BCUT2D eigenvalue weighted by molar-refractivity contribution is 5.84. The molecule has 1 aromatic heterocycles. The second kappa shape index (κ2) is 7.30. The third-order valence-corrected chi connectivity index (χ3v) is 5.15. The Balaban J connectivity index is 1.51. The van der Waals surface area contributed by atoms with Gasteiger partial charge in [0.15, 0.2) is 0 Å². The van der Waals surface area contributed by atoms with E-state index in [1.807, 2.05) is 6.07 Å². The van der Waals surface area contributed by atoms with Crippen LogP contribution in [0.25, 0.3) is 10.9 Å². The number of aromatic nitrogens is 1. The molecule has 2 heterocycles. The minimum Gasteiger partial charge on any atom is -0.497 e. The highest BCUT2D eigenvalue weighted by Gasteiger charge is 2.25. The molecule has 2 unspecified atom stereocenters. The van der Waals surface area contributed by atoms with Crippen molar-refractivity contribution in [3.63, 3.8) is 0 Å². The smallest absolute Gasteiger partial charge is 0.119 e. The van der Waals surface area contributed by atoms with E-state index in [0.29, 0.717) is 12.1 Å². The Bertz CT molecular complexity index is 828. The Hall–Kier alpha value is -2.30. The first-order valence-corrected chi connectivity index (χ1v) is 9.01. The second-order valence-electron chi connectivity index (χ2n) is 6.70. The normalized spacial score (nSPS) is 20.7. The van der Waals surface area contributed by atoms with Crippen LogP contribution < -0.4 is 15.4 Å². The highest BCUT2D eigenvalue weighted by atomic mass is 16.5. The molecule has 3 aromatic rings. The van der Waals surface area contributed by atoms with Gasteiger partial charge in [0, 0.05) is 35.7 Å². The minimum atomic E-state index is 0.370. The molecular weight excluding hydrogens is 310 g/mol. The van der Waals surface area contributed by atoms with Crippen LogP contribution in [-0.2, 0) is 6.54 Å². The summed E-state index contributed by atoms with van der Waals surface area (Å²) in [5, 5.41) is 8.69. The predicted molar refractivity (Wildman–Crippen MR) is 102 cm³/mol. The van der Waals surface area contributed by atoms with Gasteiger partial charge < -0.3 is 20.4 Å². The molecule has 2 aromatic carbocycles. The topological polar surface area (TPSA) is 49.1 Å². The zero-order valence-corrected chi connectivity index (χ0v) is 14.6. The molecule has 130 valence electrons. The molecule has 0 bridgehead atoms. The Kier molecular flexibility index (Phi) is 4.72. The van der Waals surface area contributed by atoms with E-state index in [2.05, 4.69) is 64.3 Å². The van der Waals surface area contributed by atoms with Gasteiger partial charge in [0.2, 0.25) is 0 Å². The highest BCUT2D eigenvalue weighted by Crippen LogP contribution is 2.26. The Morgan fingerprint density at radius 2 is 2.04 bits per heavy atom. The number of hydrogen-bond acceptors (Lipinski definition) is 3. The quantitative estimate of drug-likeness (QED) is 0.665. The van der Waals surface area contributed by atoms with Crippen molar-refractivity contribution in [3.8, 4) is 5.75 Å². The average Bonchev–Trinajstić information content (AvgIpc) is 3.09. The van der Waals surface area contributed by atoms with Crippen LogP contribution in [-0.4, -0.2) is 24.7 Å². The molecule has 0 saturated carbocycles. The number of fused-ring (bicyclic) bond motifs is 1. The molecule has 0 radical (unpaired) electrons. The lowest BCUT2D eigenvalue weighted by Gasteiger charge is -2.34. The van der Waals surface area contributed by atoms with Gasteiger partial charge in [-0.25, -0.2) is 0 Å². The molecule has 1 fully saturated rings. The summed E-state index contributed by atoms with van der Waals surface area (Å²) < 4.78 is 5.37. The van der Waals surface area contributed by atoms with Gasteiger partial charge in [-0.3, -0.25) is 0 Å². The summed E-state index contributed by atoms with van der Waals surface area (Å²) in [6, 6.07) is 17.7. The van der Waals surface area contributed by atoms with Crippen molar-refractivity contribution < 1.29 is 4.74 Å². The van der Waals surface area contributed by atoms with Gasteiger partial charge in [-0.1, -0.05) is 30.3 Å². The number of aromatic amines is 1. The molecule has 1 aliphatic heterocycles. The molecule has 25 heavy (non-hydrogen) atoms. The largest absolute Gasteiger partial charge is 0.497 e. The first-order valence-electron chi connectivity index (χ1n) is 9.01. The summed E-state index contributed by atoms with van der Waals surface area (Å²) >= 11 is 0. The van der Waals surface area contributed by atoms with Crippen molar-refractivity contribution in [2.24, 2.45) is 0 Å². The Morgan fingerprint density at radius 1 is 1.16 bits per heavy atom. The third-order valence-electron chi connectivity index (χ3n) is 5.15. The molecule has 4 heteroatoms. The van der Waals surface area contributed by atoms with Crippen LogP contribution in [0.1, 0.15) is 30.0 Å². The van der Waals surface area contributed by atoms with Gasteiger partial charge in [0.05, 0.1) is 7.11 Å². The van der Waals surface area contributed by atoms with Gasteiger partial charge >= 0.3 is 0 Å². The lowest BCUT2D eigenvalue weighted by atomic mass is 9.92. The zero-order chi connectivity index (χ0) is 17.1. The molecule has 1 saturated heterocycles. The zero-order valence-electron chi connectivity index (χ0n) is 14.6. The van der Waals surface area contributed by atoms with Crippen LogP contribution in [0.5, 0.6) is 5.75 Å². The monoisotopic (exact) mass is 335 g/mol. The number of hydrogen-bond donors (Lipinski definition) is 3. The standard InChI is InChI=1S/C21H25N3O/c1-25-17-9-10-19-18(12-17)16(13-23-19)14-24-20-8-5-11-22-21(20)15-6-3-2-4-7-15/h2-4,6-7,9-10,12-13,20-24H,5,8,11,14H2,1H3. The maximum Gasteiger partial charge on any atom is 0.119 e. The number of nitrogens with one attached hydrogen (secondary N) is 3. The minimum absolute atomic E-state index is 0.370. The molecule has 0 aliphatic carbocycles. The maximum absolute atomic E-state index is 5.37. The summed E-state index contributed by atoms with van der Waals surface area (Å²) in [6.45, 7) is 1.94. The van der Waals surface area contributed by atoms with E-state index >= 15 is 0 Å². The van der Waals surface area contributed by atoms with Crippen molar-refractivity contribution in [1.29, 1.82) is 0 Å². The van der Waals surface area contributed by atoms with E-state index in [0.717, 1.165) is 24.4 Å². The van der Waals surface area contributed by atoms with Crippen LogP contribution in [0.3, 0.4) is 0 Å². The number of methoxy groups -OCH3 is 1. The van der Waals surface area contributed by atoms with E-state index in [9.17, 15) is 0 Å². The molecule has 2 atom stereocenters.